The summed E-state index contributed by atoms with van der Waals surface area (Å²) in [5.41, 5.74) is 0.491. The van der Waals surface area contributed by atoms with Gasteiger partial charge in [0.2, 0.25) is 0 Å². The van der Waals surface area contributed by atoms with Crippen molar-refractivity contribution in [1.29, 1.82) is 0 Å². The van der Waals surface area contributed by atoms with Crippen LogP contribution in [-0.4, -0.2) is 17.3 Å². The second-order valence-corrected chi connectivity index (χ2v) is 7.19. The predicted molar refractivity (Wildman–Crippen MR) is 62.6 cm³/mol. The standard InChI is InChI=1S/C12H22OS/c1-11(2,3)10-4-6-12(7-5-10)13-8-9-14-12/h10H,4-9H2,1-3H3. The molecule has 0 N–H and O–H groups in total. The highest BCUT2D eigenvalue weighted by Gasteiger charge is 2.41. The van der Waals surface area contributed by atoms with E-state index in [9.17, 15) is 0 Å². The average Bonchev–Trinajstić information content (AvgIpc) is 2.53. The van der Waals surface area contributed by atoms with Gasteiger partial charge in [0, 0.05) is 5.75 Å². The molecule has 0 radical (unpaired) electrons. The van der Waals surface area contributed by atoms with Crippen LogP contribution in [0.2, 0.25) is 0 Å². The van der Waals surface area contributed by atoms with Crippen LogP contribution in [-0.2, 0) is 4.74 Å². The molecule has 14 heavy (non-hydrogen) atoms. The molecule has 0 atom stereocenters. The SMILES string of the molecule is CC(C)(C)C1CCC2(CC1)OCCS2. The minimum Gasteiger partial charge on any atom is -0.363 e. The summed E-state index contributed by atoms with van der Waals surface area (Å²) in [5.74, 6) is 2.11. The van der Waals surface area contributed by atoms with E-state index in [2.05, 4.69) is 32.5 Å². The fraction of sp³-hybridized carbons (Fsp3) is 1.00. The smallest absolute Gasteiger partial charge is 0.113 e. The van der Waals surface area contributed by atoms with Crippen molar-refractivity contribution >= 4 is 11.8 Å². The van der Waals surface area contributed by atoms with Gasteiger partial charge in [-0.15, -0.1) is 11.8 Å². The monoisotopic (exact) mass is 214 g/mol. The Labute approximate surface area is 92.0 Å². The molecule has 1 spiro atoms. The summed E-state index contributed by atoms with van der Waals surface area (Å²) in [7, 11) is 0. The molecular weight excluding hydrogens is 192 g/mol. The van der Waals surface area contributed by atoms with E-state index in [0.29, 0.717) is 5.41 Å². The van der Waals surface area contributed by atoms with Crippen molar-refractivity contribution in [2.75, 3.05) is 12.4 Å². The van der Waals surface area contributed by atoms with Crippen LogP contribution in [0.4, 0.5) is 0 Å². The summed E-state index contributed by atoms with van der Waals surface area (Å²) in [6, 6.07) is 0. The lowest BCUT2D eigenvalue weighted by molar-refractivity contribution is -0.00226. The molecule has 0 aromatic carbocycles. The molecule has 1 aliphatic heterocycles. The first kappa shape index (κ1) is 10.8. The number of thioether (sulfide) groups is 1. The summed E-state index contributed by atoms with van der Waals surface area (Å²) in [4.78, 5) is 0.238. The lowest BCUT2D eigenvalue weighted by atomic mass is 9.71. The average molecular weight is 214 g/mol. The maximum atomic E-state index is 5.91. The van der Waals surface area contributed by atoms with Crippen LogP contribution in [0, 0.1) is 11.3 Å². The predicted octanol–water partition coefficient (Wildman–Crippen LogP) is 3.68. The van der Waals surface area contributed by atoms with Crippen LogP contribution in [0.25, 0.3) is 0 Å². The highest BCUT2D eigenvalue weighted by atomic mass is 32.2. The number of hydrogen-bond donors (Lipinski definition) is 0. The quantitative estimate of drug-likeness (QED) is 0.608. The lowest BCUT2D eigenvalue weighted by Crippen LogP contribution is -2.34. The van der Waals surface area contributed by atoms with E-state index < -0.39 is 0 Å². The third-order valence-electron chi connectivity index (χ3n) is 3.79. The summed E-state index contributed by atoms with van der Waals surface area (Å²) < 4.78 is 5.91. The molecule has 0 amide bonds. The van der Waals surface area contributed by atoms with Crippen molar-refractivity contribution in [2.24, 2.45) is 11.3 Å². The molecule has 2 heteroatoms. The van der Waals surface area contributed by atoms with Gasteiger partial charge in [-0.05, 0) is 37.0 Å². The van der Waals surface area contributed by atoms with Gasteiger partial charge in [-0.3, -0.25) is 0 Å². The Kier molecular flexibility index (Phi) is 2.87. The highest BCUT2D eigenvalue weighted by Crippen LogP contribution is 2.49. The zero-order valence-electron chi connectivity index (χ0n) is 9.64. The van der Waals surface area contributed by atoms with Crippen LogP contribution < -0.4 is 0 Å². The van der Waals surface area contributed by atoms with E-state index in [1.165, 1.54) is 31.4 Å². The Morgan fingerprint density at radius 3 is 2.29 bits per heavy atom. The largest absolute Gasteiger partial charge is 0.363 e. The van der Waals surface area contributed by atoms with Crippen LogP contribution in [0.1, 0.15) is 46.5 Å². The minimum atomic E-state index is 0.238. The van der Waals surface area contributed by atoms with Gasteiger partial charge >= 0.3 is 0 Å². The van der Waals surface area contributed by atoms with Gasteiger partial charge in [0.05, 0.1) is 6.61 Å². The lowest BCUT2D eigenvalue weighted by Gasteiger charge is -2.41. The zero-order valence-corrected chi connectivity index (χ0v) is 10.5. The maximum Gasteiger partial charge on any atom is 0.113 e. The molecule has 2 aliphatic rings. The van der Waals surface area contributed by atoms with Crippen molar-refractivity contribution in [3.8, 4) is 0 Å². The molecule has 0 bridgehead atoms. The molecule has 2 fully saturated rings. The summed E-state index contributed by atoms with van der Waals surface area (Å²) in [6.07, 6.45) is 5.27. The molecular formula is C12H22OS. The van der Waals surface area contributed by atoms with Gasteiger partial charge in [-0.1, -0.05) is 20.8 Å². The van der Waals surface area contributed by atoms with Gasteiger partial charge in [-0.25, -0.2) is 0 Å². The van der Waals surface area contributed by atoms with Crippen molar-refractivity contribution in [3.63, 3.8) is 0 Å². The molecule has 1 saturated heterocycles. The summed E-state index contributed by atoms with van der Waals surface area (Å²) in [5, 5.41) is 0. The summed E-state index contributed by atoms with van der Waals surface area (Å²) >= 11 is 2.06. The van der Waals surface area contributed by atoms with E-state index in [0.717, 1.165) is 12.5 Å². The van der Waals surface area contributed by atoms with Gasteiger partial charge < -0.3 is 4.74 Å². The van der Waals surface area contributed by atoms with E-state index in [4.69, 9.17) is 4.74 Å². The third kappa shape index (κ3) is 2.11. The minimum absolute atomic E-state index is 0.238. The summed E-state index contributed by atoms with van der Waals surface area (Å²) in [6.45, 7) is 8.10. The Hall–Kier alpha value is 0.310. The molecule has 82 valence electrons. The second kappa shape index (κ2) is 3.71. The van der Waals surface area contributed by atoms with E-state index in [1.807, 2.05) is 0 Å². The number of rotatable bonds is 0. The van der Waals surface area contributed by atoms with Crippen molar-refractivity contribution in [2.45, 2.75) is 51.4 Å². The highest BCUT2D eigenvalue weighted by molar-refractivity contribution is 8.00. The Bertz CT molecular complexity index is 191. The fourth-order valence-electron chi connectivity index (χ4n) is 2.71. The molecule has 0 aromatic rings. The van der Waals surface area contributed by atoms with E-state index >= 15 is 0 Å². The number of hydrogen-bond acceptors (Lipinski definition) is 2. The molecule has 1 aliphatic carbocycles. The third-order valence-corrected chi connectivity index (χ3v) is 5.21. The first-order valence-electron chi connectivity index (χ1n) is 5.80. The zero-order chi connectivity index (χ0) is 10.2. The molecule has 0 aromatic heterocycles. The van der Waals surface area contributed by atoms with Gasteiger partial charge in [-0.2, -0.15) is 0 Å². The van der Waals surface area contributed by atoms with Gasteiger partial charge in [0.15, 0.2) is 0 Å². The topological polar surface area (TPSA) is 9.23 Å². The number of ether oxygens (including phenoxy) is 1. The molecule has 1 saturated carbocycles. The Morgan fingerprint density at radius 1 is 1.21 bits per heavy atom. The van der Waals surface area contributed by atoms with Crippen LogP contribution in [0.5, 0.6) is 0 Å². The van der Waals surface area contributed by atoms with Crippen molar-refractivity contribution in [1.82, 2.24) is 0 Å². The van der Waals surface area contributed by atoms with Crippen molar-refractivity contribution in [3.05, 3.63) is 0 Å². The Morgan fingerprint density at radius 2 is 1.86 bits per heavy atom. The molecule has 0 unspecified atom stereocenters. The maximum absolute atomic E-state index is 5.91. The van der Waals surface area contributed by atoms with E-state index in [-0.39, 0.29) is 4.93 Å². The van der Waals surface area contributed by atoms with Crippen LogP contribution >= 0.6 is 11.8 Å². The van der Waals surface area contributed by atoms with Gasteiger partial charge in [0.25, 0.3) is 0 Å². The van der Waals surface area contributed by atoms with Gasteiger partial charge in [0.1, 0.15) is 4.93 Å². The van der Waals surface area contributed by atoms with E-state index in [1.54, 1.807) is 0 Å². The van der Waals surface area contributed by atoms with Crippen molar-refractivity contribution < 1.29 is 4.74 Å². The molecule has 1 nitrogen and oxygen atoms in total. The Balaban J connectivity index is 1.92. The first-order chi connectivity index (χ1) is 6.52. The molecule has 1 heterocycles. The second-order valence-electron chi connectivity index (χ2n) is 5.75. The first-order valence-corrected chi connectivity index (χ1v) is 6.78. The van der Waals surface area contributed by atoms with Crippen LogP contribution in [0.3, 0.4) is 0 Å². The normalized spacial score (nSPS) is 39.2. The van der Waals surface area contributed by atoms with Crippen LogP contribution in [0.15, 0.2) is 0 Å². The molecule has 2 rings (SSSR count). The fourth-order valence-corrected chi connectivity index (χ4v) is 3.94.